The number of aromatic nitrogens is 1. The van der Waals surface area contributed by atoms with Gasteiger partial charge in [0, 0.05) is 30.5 Å². The Hall–Kier alpha value is -2.24. The Morgan fingerprint density at radius 2 is 1.83 bits per heavy atom. The standard InChI is InChI=1S/C37H55ClN4O5S/c1-7-9-24(3)25(4)48(44)40-37(43)33-15-16-34-36(39-33)42(20-29(21-45-34)32-14-13-30(38)17-27(32)10-8-2)19-28-12-11-26(28)18-35-46-22-31(23-47-35)41(5)6/h13-17,24-26,28-29,31,35H,7-12,18-23H2,1-6H3,(H,40,43). The number of nitrogens with zero attached hydrogens (tertiary/aromatic N) is 3. The summed E-state index contributed by atoms with van der Waals surface area (Å²) in [5.74, 6) is 2.13. The van der Waals surface area contributed by atoms with Crippen molar-refractivity contribution in [1.29, 1.82) is 0 Å². The molecule has 1 amide bonds. The fraction of sp³-hybridized carbons (Fsp3) is 0.676. The molecule has 1 N–H and O–H groups in total. The lowest BCUT2D eigenvalue weighted by Gasteiger charge is -2.43. The van der Waals surface area contributed by atoms with Gasteiger partial charge in [-0.3, -0.25) is 9.52 Å². The lowest BCUT2D eigenvalue weighted by atomic mass is 9.71. The summed E-state index contributed by atoms with van der Waals surface area (Å²) in [6.07, 6.45) is 6.88. The molecule has 1 aliphatic carbocycles. The molecule has 6 unspecified atom stereocenters. The van der Waals surface area contributed by atoms with E-state index in [4.69, 9.17) is 30.8 Å². The first kappa shape index (κ1) is 37.0. The zero-order chi connectivity index (χ0) is 34.4. The van der Waals surface area contributed by atoms with Gasteiger partial charge in [0.25, 0.3) is 5.91 Å². The molecule has 0 radical (unpaired) electrons. The number of carbonyl (C=O) groups is 1. The lowest BCUT2D eigenvalue weighted by Crippen LogP contribution is -2.46. The highest BCUT2D eigenvalue weighted by Crippen LogP contribution is 2.42. The summed E-state index contributed by atoms with van der Waals surface area (Å²) in [7, 11) is 2.60. The summed E-state index contributed by atoms with van der Waals surface area (Å²) < 4.78 is 34.5. The third-order valence-corrected chi connectivity index (χ3v) is 12.4. The highest BCUT2D eigenvalue weighted by Gasteiger charge is 2.38. The van der Waals surface area contributed by atoms with Crippen LogP contribution in [0.2, 0.25) is 5.02 Å². The van der Waals surface area contributed by atoms with E-state index in [-0.39, 0.29) is 35.1 Å². The van der Waals surface area contributed by atoms with Gasteiger partial charge in [0.2, 0.25) is 0 Å². The van der Waals surface area contributed by atoms with Crippen molar-refractivity contribution in [1.82, 2.24) is 14.6 Å². The second-order valence-electron chi connectivity index (χ2n) is 14.3. The van der Waals surface area contributed by atoms with E-state index in [2.05, 4.69) is 61.5 Å². The van der Waals surface area contributed by atoms with Crippen LogP contribution >= 0.6 is 11.6 Å². The molecule has 11 heteroatoms. The first-order valence-electron chi connectivity index (χ1n) is 17.9. The van der Waals surface area contributed by atoms with Gasteiger partial charge in [-0.1, -0.05) is 51.3 Å². The van der Waals surface area contributed by atoms with Crippen LogP contribution in [0.25, 0.3) is 0 Å². The molecule has 3 aliphatic rings. The van der Waals surface area contributed by atoms with Gasteiger partial charge in [0.1, 0.15) is 16.7 Å². The van der Waals surface area contributed by atoms with E-state index in [0.29, 0.717) is 49.8 Å². The molecule has 0 spiro atoms. The molecular formula is C37H55ClN4O5S. The zero-order valence-corrected chi connectivity index (χ0v) is 31.2. The zero-order valence-electron chi connectivity index (χ0n) is 29.6. The van der Waals surface area contributed by atoms with Gasteiger partial charge in [-0.25, -0.2) is 9.19 Å². The SMILES string of the molecule is CCCc1cc(Cl)ccc1C1COc2ccc(C(=O)NS(=O)C(C)C(C)CCC)nc2N(CC2CCC2CC2OCC(N(C)C)CO2)C1. The van der Waals surface area contributed by atoms with Crippen molar-refractivity contribution < 1.29 is 23.2 Å². The number of carbonyl (C=O) groups excluding carboxylic acids is 1. The maximum Gasteiger partial charge on any atom is 0.281 e. The van der Waals surface area contributed by atoms with Crippen LogP contribution in [0.1, 0.15) is 93.8 Å². The summed E-state index contributed by atoms with van der Waals surface area (Å²) in [6, 6.07) is 10.00. The smallest absolute Gasteiger partial charge is 0.281 e. The van der Waals surface area contributed by atoms with Gasteiger partial charge < -0.3 is 24.0 Å². The van der Waals surface area contributed by atoms with Gasteiger partial charge in [-0.05, 0) is 99.8 Å². The highest BCUT2D eigenvalue weighted by atomic mass is 35.5. The topological polar surface area (TPSA) is 93.2 Å². The number of likely N-dealkylation sites (N-methyl/N-ethyl adjacent to an activating group) is 1. The number of rotatable bonds is 14. The number of hydrogen-bond donors (Lipinski definition) is 1. The second kappa shape index (κ2) is 17.1. The number of hydrogen-bond acceptors (Lipinski definition) is 8. The normalized spacial score (nSPS) is 26.1. The Labute approximate surface area is 295 Å². The molecule has 1 saturated heterocycles. The van der Waals surface area contributed by atoms with Crippen LogP contribution in [-0.4, -0.2) is 84.6 Å². The fourth-order valence-corrected chi connectivity index (χ4v) is 8.35. The molecule has 6 atom stereocenters. The average molecular weight is 703 g/mol. The largest absolute Gasteiger partial charge is 0.489 e. The van der Waals surface area contributed by atoms with Crippen LogP contribution in [0.3, 0.4) is 0 Å². The summed E-state index contributed by atoms with van der Waals surface area (Å²) in [6.45, 7) is 11.7. The molecule has 48 heavy (non-hydrogen) atoms. The third kappa shape index (κ3) is 9.10. The van der Waals surface area contributed by atoms with Crippen LogP contribution in [0.4, 0.5) is 5.82 Å². The van der Waals surface area contributed by atoms with E-state index in [0.717, 1.165) is 56.5 Å². The maximum absolute atomic E-state index is 13.4. The van der Waals surface area contributed by atoms with E-state index in [1.165, 1.54) is 11.1 Å². The Kier molecular flexibility index (Phi) is 13.2. The summed E-state index contributed by atoms with van der Waals surface area (Å²) in [5.41, 5.74) is 2.73. The molecule has 3 heterocycles. The molecule has 2 aromatic rings. The van der Waals surface area contributed by atoms with Crippen LogP contribution in [-0.2, 0) is 26.9 Å². The van der Waals surface area contributed by atoms with Crippen molar-refractivity contribution in [3.8, 4) is 5.75 Å². The van der Waals surface area contributed by atoms with E-state index in [1.807, 2.05) is 19.1 Å². The minimum Gasteiger partial charge on any atom is -0.489 e. The van der Waals surface area contributed by atoms with Gasteiger partial charge in [-0.2, -0.15) is 0 Å². The van der Waals surface area contributed by atoms with E-state index < -0.39 is 16.9 Å². The molecule has 5 rings (SSSR count). The first-order valence-corrected chi connectivity index (χ1v) is 19.4. The van der Waals surface area contributed by atoms with Crippen LogP contribution in [0.15, 0.2) is 30.3 Å². The number of pyridine rings is 1. The molecule has 266 valence electrons. The van der Waals surface area contributed by atoms with Gasteiger partial charge in [0.15, 0.2) is 17.9 Å². The van der Waals surface area contributed by atoms with Crippen molar-refractivity contribution in [3.05, 3.63) is 52.2 Å². The molecule has 1 aromatic carbocycles. The number of benzene rings is 1. The number of ether oxygens (including phenoxy) is 3. The van der Waals surface area contributed by atoms with Crippen LogP contribution in [0, 0.1) is 17.8 Å². The van der Waals surface area contributed by atoms with Crippen molar-refractivity contribution in [3.63, 3.8) is 0 Å². The Balaban J connectivity index is 1.37. The number of fused-ring (bicyclic) bond motifs is 1. The number of halogens is 1. The number of nitrogens with one attached hydrogen (secondary N) is 1. The summed E-state index contributed by atoms with van der Waals surface area (Å²) >= 11 is 6.44. The van der Waals surface area contributed by atoms with Crippen LogP contribution < -0.4 is 14.4 Å². The minimum atomic E-state index is -1.51. The summed E-state index contributed by atoms with van der Waals surface area (Å²) in [4.78, 5) is 22.8. The number of anilines is 1. The van der Waals surface area contributed by atoms with Crippen molar-refractivity contribution in [2.75, 3.05) is 51.9 Å². The molecule has 1 aromatic heterocycles. The minimum absolute atomic E-state index is 0.0928. The third-order valence-electron chi connectivity index (χ3n) is 10.6. The molecule has 1 saturated carbocycles. The fourth-order valence-electron chi connectivity index (χ4n) is 7.13. The van der Waals surface area contributed by atoms with Crippen molar-refractivity contribution in [2.45, 2.75) is 96.1 Å². The quantitative estimate of drug-likeness (QED) is 0.235. The molecule has 9 nitrogen and oxygen atoms in total. The molecular weight excluding hydrogens is 648 g/mol. The lowest BCUT2D eigenvalue weighted by molar-refractivity contribution is -0.212. The van der Waals surface area contributed by atoms with Gasteiger partial charge >= 0.3 is 0 Å². The molecule has 0 bridgehead atoms. The number of aryl methyl sites for hydroxylation is 1. The van der Waals surface area contributed by atoms with Crippen LogP contribution in [0.5, 0.6) is 5.75 Å². The highest BCUT2D eigenvalue weighted by molar-refractivity contribution is 7.84. The first-order chi connectivity index (χ1) is 23.1. The Morgan fingerprint density at radius 1 is 1.08 bits per heavy atom. The maximum atomic E-state index is 13.4. The molecule has 2 fully saturated rings. The Bertz CT molecular complexity index is 1400. The number of amides is 1. The summed E-state index contributed by atoms with van der Waals surface area (Å²) in [5, 5.41) is 0.583. The van der Waals surface area contributed by atoms with E-state index in [9.17, 15) is 9.00 Å². The second-order valence-corrected chi connectivity index (χ2v) is 16.2. The van der Waals surface area contributed by atoms with E-state index in [1.54, 1.807) is 6.07 Å². The predicted octanol–water partition coefficient (Wildman–Crippen LogP) is 6.61. The van der Waals surface area contributed by atoms with Gasteiger partial charge in [-0.15, -0.1) is 0 Å². The van der Waals surface area contributed by atoms with Crippen molar-refractivity contribution in [2.24, 2.45) is 17.8 Å². The van der Waals surface area contributed by atoms with E-state index >= 15 is 0 Å². The average Bonchev–Trinajstić information content (AvgIpc) is 3.24. The van der Waals surface area contributed by atoms with Gasteiger partial charge in [0.05, 0.1) is 31.1 Å². The predicted molar refractivity (Wildman–Crippen MR) is 193 cm³/mol. The Morgan fingerprint density at radius 3 is 2.50 bits per heavy atom. The molecule has 2 aliphatic heterocycles. The van der Waals surface area contributed by atoms with Crippen molar-refractivity contribution >= 4 is 34.3 Å². The monoisotopic (exact) mass is 702 g/mol.